The van der Waals surface area contributed by atoms with E-state index < -0.39 is 17.5 Å². The van der Waals surface area contributed by atoms with Crippen LogP contribution in [0.1, 0.15) is 80.1 Å². The number of carbonyl (C=O) groups excluding carboxylic acids is 4. The summed E-state index contributed by atoms with van der Waals surface area (Å²) in [5.41, 5.74) is 0.662. The maximum atomic E-state index is 12.8. The van der Waals surface area contributed by atoms with Crippen molar-refractivity contribution in [3.05, 3.63) is 16.0 Å². The number of thiophene rings is 1. The van der Waals surface area contributed by atoms with Crippen molar-refractivity contribution in [1.29, 1.82) is 0 Å². The zero-order valence-corrected chi connectivity index (χ0v) is 19.7. The summed E-state index contributed by atoms with van der Waals surface area (Å²) in [7, 11) is 0. The van der Waals surface area contributed by atoms with Gasteiger partial charge in [0, 0.05) is 17.8 Å². The minimum absolute atomic E-state index is 0.0200. The van der Waals surface area contributed by atoms with E-state index in [1.165, 1.54) is 11.3 Å². The molecule has 32 heavy (non-hydrogen) atoms. The van der Waals surface area contributed by atoms with E-state index in [0.717, 1.165) is 47.4 Å². The summed E-state index contributed by atoms with van der Waals surface area (Å²) < 4.78 is 5.44. The average Bonchev–Trinajstić information content (AvgIpc) is 3.37. The molecular formula is C23H31N3O5S. The Morgan fingerprint density at radius 1 is 1.28 bits per heavy atom. The van der Waals surface area contributed by atoms with Gasteiger partial charge in [0.25, 0.3) is 5.91 Å². The fraction of sp³-hybridized carbons (Fsp3) is 0.652. The number of nitrogens with zero attached hydrogens (tertiary/aromatic N) is 1. The molecule has 0 aromatic carbocycles. The van der Waals surface area contributed by atoms with Gasteiger partial charge in [-0.25, -0.2) is 9.59 Å². The first-order valence-corrected chi connectivity index (χ1v) is 12.3. The van der Waals surface area contributed by atoms with E-state index in [9.17, 15) is 19.2 Å². The van der Waals surface area contributed by atoms with Gasteiger partial charge >= 0.3 is 12.0 Å². The molecule has 8 nitrogen and oxygen atoms in total. The highest BCUT2D eigenvalue weighted by atomic mass is 32.1. The van der Waals surface area contributed by atoms with Crippen LogP contribution < -0.4 is 10.6 Å². The van der Waals surface area contributed by atoms with Crippen LogP contribution in [0.4, 0.5) is 9.80 Å². The summed E-state index contributed by atoms with van der Waals surface area (Å²) in [4.78, 5) is 52.9. The Bertz CT molecular complexity index is 948. The number of anilines is 1. The van der Waals surface area contributed by atoms with Crippen molar-refractivity contribution in [2.75, 3.05) is 11.9 Å². The fourth-order valence-corrected chi connectivity index (χ4v) is 6.34. The van der Waals surface area contributed by atoms with Crippen LogP contribution >= 0.6 is 11.3 Å². The van der Waals surface area contributed by atoms with Gasteiger partial charge in [-0.3, -0.25) is 14.5 Å². The van der Waals surface area contributed by atoms with E-state index >= 15 is 0 Å². The van der Waals surface area contributed by atoms with Gasteiger partial charge in [0.2, 0.25) is 5.91 Å². The number of carbonyl (C=O) groups is 4. The molecule has 3 aliphatic rings. The normalized spacial score (nSPS) is 21.8. The number of nitrogens with one attached hydrogen (secondary N) is 2. The lowest BCUT2D eigenvalue weighted by Gasteiger charge is -2.20. The van der Waals surface area contributed by atoms with Crippen molar-refractivity contribution in [1.82, 2.24) is 10.2 Å². The van der Waals surface area contributed by atoms with Crippen LogP contribution in [-0.4, -0.2) is 46.9 Å². The summed E-state index contributed by atoms with van der Waals surface area (Å²) in [6.07, 6.45) is 5.51. The second kappa shape index (κ2) is 8.84. The lowest BCUT2D eigenvalue weighted by Crippen LogP contribution is -2.44. The van der Waals surface area contributed by atoms with E-state index in [1.54, 1.807) is 13.8 Å². The molecule has 4 rings (SSSR count). The third-order valence-corrected chi connectivity index (χ3v) is 7.75. The van der Waals surface area contributed by atoms with Crippen LogP contribution in [0.2, 0.25) is 0 Å². The van der Waals surface area contributed by atoms with Crippen LogP contribution in [0.25, 0.3) is 0 Å². The van der Waals surface area contributed by atoms with E-state index in [1.807, 2.05) is 0 Å². The zero-order valence-electron chi connectivity index (χ0n) is 18.9. The number of rotatable bonds is 6. The molecular weight excluding hydrogens is 430 g/mol. The van der Waals surface area contributed by atoms with Crippen LogP contribution in [-0.2, 0) is 27.2 Å². The second-order valence-electron chi connectivity index (χ2n) is 9.48. The third kappa shape index (κ3) is 4.27. The number of hydrogen-bond donors (Lipinski definition) is 2. The van der Waals surface area contributed by atoms with Crippen molar-refractivity contribution in [2.45, 2.75) is 83.8 Å². The molecule has 0 radical (unpaired) electrons. The molecule has 2 N–H and O–H groups in total. The first kappa shape index (κ1) is 22.8. The second-order valence-corrected chi connectivity index (χ2v) is 10.6. The molecule has 1 saturated carbocycles. The molecule has 0 bridgehead atoms. The highest BCUT2D eigenvalue weighted by Gasteiger charge is 2.52. The maximum absolute atomic E-state index is 12.8. The number of urea groups is 1. The summed E-state index contributed by atoms with van der Waals surface area (Å²) >= 11 is 1.43. The summed E-state index contributed by atoms with van der Waals surface area (Å²) in [5, 5.41) is 6.19. The van der Waals surface area contributed by atoms with Crippen LogP contribution in [0.15, 0.2) is 0 Å². The number of hydrogen-bond acceptors (Lipinski definition) is 6. The van der Waals surface area contributed by atoms with Gasteiger partial charge in [-0.1, -0.05) is 19.8 Å². The summed E-state index contributed by atoms with van der Waals surface area (Å²) in [6.45, 7) is 5.80. The molecule has 2 heterocycles. The van der Waals surface area contributed by atoms with Crippen molar-refractivity contribution in [2.24, 2.45) is 5.92 Å². The van der Waals surface area contributed by atoms with E-state index in [0.29, 0.717) is 29.3 Å². The number of fused-ring (bicyclic) bond motifs is 1. The Morgan fingerprint density at radius 2 is 2.00 bits per heavy atom. The van der Waals surface area contributed by atoms with E-state index in [2.05, 4.69) is 17.6 Å². The minimum atomic E-state index is -0.773. The Balaban J connectivity index is 1.45. The quantitative estimate of drug-likeness (QED) is 0.497. The van der Waals surface area contributed by atoms with Crippen LogP contribution in [0.3, 0.4) is 0 Å². The Labute approximate surface area is 192 Å². The molecule has 1 atom stereocenters. The predicted octanol–water partition coefficient (Wildman–Crippen LogP) is 3.63. The molecule has 1 aromatic heterocycles. The largest absolute Gasteiger partial charge is 0.459 e. The highest BCUT2D eigenvalue weighted by Crippen LogP contribution is 2.40. The van der Waals surface area contributed by atoms with Gasteiger partial charge in [-0.15, -0.1) is 11.3 Å². The van der Waals surface area contributed by atoms with E-state index in [4.69, 9.17) is 4.74 Å². The average molecular weight is 462 g/mol. The topological polar surface area (TPSA) is 105 Å². The molecule has 4 amide bonds. The van der Waals surface area contributed by atoms with Gasteiger partial charge in [0.15, 0.2) is 0 Å². The van der Waals surface area contributed by atoms with Crippen molar-refractivity contribution >= 4 is 40.2 Å². The van der Waals surface area contributed by atoms with Crippen LogP contribution in [0.5, 0.6) is 0 Å². The van der Waals surface area contributed by atoms with Crippen molar-refractivity contribution < 1.29 is 23.9 Å². The number of imide groups is 1. The molecule has 1 spiro atoms. The van der Waals surface area contributed by atoms with Crippen molar-refractivity contribution in [3.8, 4) is 0 Å². The van der Waals surface area contributed by atoms with Gasteiger partial charge in [-0.2, -0.15) is 0 Å². The molecule has 2 aliphatic carbocycles. The summed E-state index contributed by atoms with van der Waals surface area (Å²) in [5.74, 6) is -0.446. The lowest BCUT2D eigenvalue weighted by atomic mass is 9.88. The van der Waals surface area contributed by atoms with Gasteiger partial charge in [0.1, 0.15) is 10.5 Å². The maximum Gasteiger partial charge on any atom is 0.341 e. The van der Waals surface area contributed by atoms with Crippen LogP contribution in [0, 0.1) is 5.92 Å². The predicted molar refractivity (Wildman–Crippen MR) is 121 cm³/mol. The first-order chi connectivity index (χ1) is 15.2. The third-order valence-electron chi connectivity index (χ3n) is 6.58. The number of esters is 1. The lowest BCUT2D eigenvalue weighted by molar-refractivity contribution is -0.131. The van der Waals surface area contributed by atoms with Gasteiger partial charge in [-0.05, 0) is 57.4 Å². The molecule has 1 saturated heterocycles. The van der Waals surface area contributed by atoms with Gasteiger partial charge in [0.05, 0.1) is 11.7 Å². The monoisotopic (exact) mass is 461 g/mol. The fourth-order valence-electron chi connectivity index (χ4n) is 4.93. The smallest absolute Gasteiger partial charge is 0.341 e. The Kier molecular flexibility index (Phi) is 6.29. The van der Waals surface area contributed by atoms with E-state index in [-0.39, 0.29) is 30.9 Å². The molecule has 9 heteroatoms. The molecule has 174 valence electrons. The SMILES string of the molecule is CC1CCc2c(sc(NC(=O)CCN3C(=O)NC4(CCCC4)C3=O)c2C(=O)OC(C)C)C1. The zero-order chi connectivity index (χ0) is 23.0. The molecule has 1 aromatic rings. The molecule has 1 aliphatic heterocycles. The Morgan fingerprint density at radius 3 is 2.69 bits per heavy atom. The standard InChI is InChI=1S/C23H31N3O5S/c1-13(2)31-20(28)18-15-7-6-14(3)12-16(15)32-19(18)24-17(27)8-11-26-21(29)23(25-22(26)30)9-4-5-10-23/h13-14H,4-12H2,1-3H3,(H,24,27)(H,25,30). The highest BCUT2D eigenvalue weighted by molar-refractivity contribution is 7.17. The van der Waals surface area contributed by atoms with Gasteiger partial charge < -0.3 is 15.4 Å². The summed E-state index contributed by atoms with van der Waals surface area (Å²) in [6, 6.07) is -0.425. The molecule has 1 unspecified atom stereocenters. The minimum Gasteiger partial charge on any atom is -0.459 e. The number of ether oxygens (including phenoxy) is 1. The number of amides is 4. The van der Waals surface area contributed by atoms with Crippen molar-refractivity contribution in [3.63, 3.8) is 0 Å². The Hall–Kier alpha value is -2.42. The molecule has 2 fully saturated rings. The first-order valence-electron chi connectivity index (χ1n) is 11.5.